The Morgan fingerprint density at radius 1 is 1.14 bits per heavy atom. The lowest BCUT2D eigenvalue weighted by atomic mass is 10.0. The third-order valence-electron chi connectivity index (χ3n) is 4.94. The third-order valence-corrected chi connectivity index (χ3v) is 4.94. The van der Waals surface area contributed by atoms with Crippen molar-refractivity contribution in [1.82, 2.24) is 20.1 Å². The molecule has 3 rings (SSSR count). The van der Waals surface area contributed by atoms with Crippen molar-refractivity contribution in [3.8, 4) is 0 Å². The number of carbonyl (C=O) groups excluding carboxylic acids is 1. The zero-order valence-electron chi connectivity index (χ0n) is 19.2. The molecule has 2 aliphatic heterocycles. The summed E-state index contributed by atoms with van der Waals surface area (Å²) in [5.41, 5.74) is 1.20. The SMILES string of the molecule is CN(C)C(=O)N[C@@H]1CN(Cc2cccnc2)[C@@H]2CCCO[C@@H]21.O=C(O)C(F)(F)F.O=C(O)C(F)(F)F. The van der Waals surface area contributed by atoms with Gasteiger partial charge in [0.15, 0.2) is 0 Å². The van der Waals surface area contributed by atoms with Crippen LogP contribution in [0, 0.1) is 0 Å². The highest BCUT2D eigenvalue weighted by atomic mass is 19.4. The second-order valence-electron chi connectivity index (χ2n) is 7.89. The molecular formula is C20H26F6N4O6. The molecule has 36 heavy (non-hydrogen) atoms. The minimum Gasteiger partial charge on any atom is -0.475 e. The quantitative estimate of drug-likeness (QED) is 0.506. The first-order valence-electron chi connectivity index (χ1n) is 10.4. The fourth-order valence-corrected chi connectivity index (χ4v) is 3.38. The lowest BCUT2D eigenvalue weighted by Crippen LogP contribution is -2.50. The maximum atomic E-state index is 12.0. The van der Waals surface area contributed by atoms with Gasteiger partial charge in [-0.15, -0.1) is 0 Å². The number of nitrogens with one attached hydrogen (secondary N) is 1. The number of hydrogen-bond acceptors (Lipinski definition) is 6. The molecule has 16 heteroatoms. The Bertz CT molecular complexity index is 844. The van der Waals surface area contributed by atoms with Crippen molar-refractivity contribution in [3.05, 3.63) is 30.1 Å². The van der Waals surface area contributed by atoms with E-state index in [2.05, 4.69) is 21.3 Å². The molecule has 3 atom stereocenters. The van der Waals surface area contributed by atoms with E-state index in [0.717, 1.165) is 32.5 Å². The summed E-state index contributed by atoms with van der Waals surface area (Å²) in [6.07, 6.45) is -4.17. The van der Waals surface area contributed by atoms with Crippen LogP contribution in [0.1, 0.15) is 18.4 Å². The van der Waals surface area contributed by atoms with Gasteiger partial charge in [-0.1, -0.05) is 6.07 Å². The monoisotopic (exact) mass is 532 g/mol. The number of halogens is 6. The highest BCUT2D eigenvalue weighted by Gasteiger charge is 2.44. The van der Waals surface area contributed by atoms with E-state index >= 15 is 0 Å². The van der Waals surface area contributed by atoms with E-state index in [1.54, 1.807) is 25.2 Å². The van der Waals surface area contributed by atoms with Gasteiger partial charge in [-0.3, -0.25) is 9.88 Å². The van der Waals surface area contributed by atoms with Crippen LogP contribution in [0.4, 0.5) is 31.1 Å². The third kappa shape index (κ3) is 10.2. The number of nitrogens with zero attached hydrogens (tertiary/aromatic N) is 3. The van der Waals surface area contributed by atoms with Crippen LogP contribution < -0.4 is 5.32 Å². The Kier molecular flexibility index (Phi) is 11.4. The summed E-state index contributed by atoms with van der Waals surface area (Å²) in [7, 11) is 3.52. The summed E-state index contributed by atoms with van der Waals surface area (Å²) >= 11 is 0. The van der Waals surface area contributed by atoms with Crippen molar-refractivity contribution in [2.75, 3.05) is 27.2 Å². The summed E-state index contributed by atoms with van der Waals surface area (Å²) in [6.45, 7) is 2.47. The molecule has 204 valence electrons. The maximum absolute atomic E-state index is 12.0. The lowest BCUT2D eigenvalue weighted by Gasteiger charge is -2.32. The normalized spacial score (nSPS) is 21.6. The van der Waals surface area contributed by atoms with Crippen LogP contribution in [0.15, 0.2) is 24.5 Å². The summed E-state index contributed by atoms with van der Waals surface area (Å²) in [4.78, 5) is 37.9. The second kappa shape index (κ2) is 13.2. The Hall–Kier alpha value is -3.14. The van der Waals surface area contributed by atoms with Crippen LogP contribution in [0.2, 0.25) is 0 Å². The average Bonchev–Trinajstić information content (AvgIpc) is 3.11. The van der Waals surface area contributed by atoms with Crippen LogP contribution in [-0.4, -0.2) is 101 Å². The van der Waals surface area contributed by atoms with Gasteiger partial charge < -0.3 is 25.2 Å². The number of carboxylic acids is 2. The summed E-state index contributed by atoms with van der Waals surface area (Å²) in [5, 5.41) is 17.3. The van der Waals surface area contributed by atoms with Gasteiger partial charge in [-0.2, -0.15) is 26.3 Å². The van der Waals surface area contributed by atoms with Crippen LogP contribution in [-0.2, 0) is 20.9 Å². The fraction of sp³-hybridized carbons (Fsp3) is 0.600. The molecule has 2 aliphatic rings. The molecule has 0 saturated carbocycles. The number of ether oxygens (including phenoxy) is 1. The maximum Gasteiger partial charge on any atom is 0.490 e. The van der Waals surface area contributed by atoms with Crippen LogP contribution in [0.3, 0.4) is 0 Å². The molecule has 2 fully saturated rings. The first-order valence-corrected chi connectivity index (χ1v) is 10.4. The Labute approximate surface area is 201 Å². The number of carboxylic acid groups (broad SMARTS) is 2. The minimum atomic E-state index is -5.08. The van der Waals surface area contributed by atoms with Gasteiger partial charge in [0.25, 0.3) is 0 Å². The summed E-state index contributed by atoms with van der Waals surface area (Å²) in [5.74, 6) is -5.51. The summed E-state index contributed by atoms with van der Waals surface area (Å²) < 4.78 is 69.4. The largest absolute Gasteiger partial charge is 0.490 e. The van der Waals surface area contributed by atoms with E-state index in [1.807, 2.05) is 12.3 Å². The second-order valence-corrected chi connectivity index (χ2v) is 7.89. The van der Waals surface area contributed by atoms with E-state index in [4.69, 9.17) is 24.5 Å². The number of likely N-dealkylation sites (tertiary alicyclic amines) is 1. The molecule has 0 bridgehead atoms. The molecule has 0 aliphatic carbocycles. The number of pyridine rings is 1. The van der Waals surface area contributed by atoms with Crippen molar-refractivity contribution in [1.29, 1.82) is 0 Å². The van der Waals surface area contributed by atoms with Gasteiger partial charge in [0, 0.05) is 52.2 Å². The number of hydrogen-bond donors (Lipinski definition) is 3. The molecule has 0 unspecified atom stereocenters. The molecule has 0 spiro atoms. The van der Waals surface area contributed by atoms with Crippen molar-refractivity contribution in [3.63, 3.8) is 0 Å². The van der Waals surface area contributed by atoms with E-state index < -0.39 is 24.3 Å². The molecule has 0 radical (unpaired) electrons. The molecule has 1 aromatic heterocycles. The molecule has 3 heterocycles. The molecule has 10 nitrogen and oxygen atoms in total. The Balaban J connectivity index is 0.000000383. The molecular weight excluding hydrogens is 506 g/mol. The standard InChI is InChI=1S/C16H24N4O2.2C2HF3O2/c1-19(2)16(21)18-13-11-20(10-12-5-3-7-17-9-12)14-6-4-8-22-15(13)14;2*3-2(4,5)1(6)7/h3,5,7,9,13-15H,4,6,8,10-11H2,1-2H3,(H,18,21);2*(H,6,7)/t13-,14-,15-;;/m1../s1. The molecule has 1 aromatic rings. The van der Waals surface area contributed by atoms with E-state index in [-0.39, 0.29) is 18.2 Å². The van der Waals surface area contributed by atoms with E-state index in [0.29, 0.717) is 6.04 Å². The number of aromatic nitrogens is 1. The number of alkyl halides is 6. The zero-order chi connectivity index (χ0) is 27.7. The van der Waals surface area contributed by atoms with Crippen molar-refractivity contribution in [2.45, 2.75) is 49.9 Å². The van der Waals surface area contributed by atoms with Crippen LogP contribution in [0.25, 0.3) is 0 Å². The molecule has 2 amide bonds. The number of rotatable bonds is 3. The number of carbonyl (C=O) groups is 3. The van der Waals surface area contributed by atoms with Gasteiger partial charge in [0.2, 0.25) is 0 Å². The smallest absolute Gasteiger partial charge is 0.475 e. The molecule has 3 N–H and O–H groups in total. The number of fused-ring (bicyclic) bond motifs is 1. The highest BCUT2D eigenvalue weighted by molar-refractivity contribution is 5.74. The van der Waals surface area contributed by atoms with Gasteiger partial charge in [-0.25, -0.2) is 14.4 Å². The molecule has 2 saturated heterocycles. The lowest BCUT2D eigenvalue weighted by molar-refractivity contribution is -0.193. The van der Waals surface area contributed by atoms with Crippen LogP contribution in [0.5, 0.6) is 0 Å². The minimum absolute atomic E-state index is 0.0527. The highest BCUT2D eigenvalue weighted by Crippen LogP contribution is 2.30. The van der Waals surface area contributed by atoms with Crippen LogP contribution >= 0.6 is 0 Å². The molecule has 0 aromatic carbocycles. The van der Waals surface area contributed by atoms with Gasteiger partial charge in [-0.05, 0) is 24.5 Å². The average molecular weight is 532 g/mol. The number of aliphatic carboxylic acids is 2. The van der Waals surface area contributed by atoms with Crippen molar-refractivity contribution < 1.29 is 55.7 Å². The zero-order valence-corrected chi connectivity index (χ0v) is 19.2. The summed E-state index contributed by atoms with van der Waals surface area (Å²) in [6, 6.07) is 4.43. The number of amides is 2. The predicted molar refractivity (Wildman–Crippen MR) is 111 cm³/mol. The van der Waals surface area contributed by atoms with Crippen molar-refractivity contribution in [2.24, 2.45) is 0 Å². The Morgan fingerprint density at radius 2 is 1.69 bits per heavy atom. The topological polar surface area (TPSA) is 132 Å². The van der Waals surface area contributed by atoms with Gasteiger partial charge in [0.05, 0.1) is 12.1 Å². The van der Waals surface area contributed by atoms with E-state index in [9.17, 15) is 31.1 Å². The first-order chi connectivity index (χ1) is 16.5. The first kappa shape index (κ1) is 30.9. The van der Waals surface area contributed by atoms with Gasteiger partial charge >= 0.3 is 30.3 Å². The number of urea groups is 1. The predicted octanol–water partition coefficient (Wildman–Crippen LogP) is 2.35. The van der Waals surface area contributed by atoms with Gasteiger partial charge in [0.1, 0.15) is 0 Å². The fourth-order valence-electron chi connectivity index (χ4n) is 3.38. The Morgan fingerprint density at radius 3 is 2.14 bits per heavy atom. The van der Waals surface area contributed by atoms with Crippen molar-refractivity contribution >= 4 is 18.0 Å². The van der Waals surface area contributed by atoms with E-state index in [1.165, 1.54) is 5.56 Å².